The van der Waals surface area contributed by atoms with Gasteiger partial charge < -0.3 is 50.1 Å². The van der Waals surface area contributed by atoms with Crippen LogP contribution in [0.15, 0.2) is 42.7 Å². The van der Waals surface area contributed by atoms with Crippen molar-refractivity contribution in [1.82, 2.24) is 40.4 Å². The number of aromatic nitrogens is 4. The molecular formula is C51H68N8O8. The van der Waals surface area contributed by atoms with Crippen LogP contribution in [0.4, 0.5) is 9.59 Å². The zero-order chi connectivity index (χ0) is 48.0. The van der Waals surface area contributed by atoms with Crippen molar-refractivity contribution in [2.75, 3.05) is 0 Å². The van der Waals surface area contributed by atoms with Crippen LogP contribution in [0.3, 0.4) is 0 Å². The number of benzene rings is 2. The summed E-state index contributed by atoms with van der Waals surface area (Å²) in [5.41, 5.74) is 8.94. The van der Waals surface area contributed by atoms with Gasteiger partial charge in [0.25, 0.3) is 0 Å². The average molecular weight is 921 g/mol. The standard InChI is InChI=1S/C51H68N8O8/c1-25-18-38(32(8)33(9)43(25)40-24-53-47(55-40)42-17-11-27(3)59(42)49(61)45(57-51(64)65)37-21-30(6)67-31(7)22-37)34-12-14-35(15-13-34)39-23-52-46(54-39)41-16-10-26(2)58(41)48(60)44(56-50(62)63)36-19-28(4)66-29(5)20-36/h12-15,18,23-24,26-31,36-37,41-42,44-45,56-57H,10-11,16-17,19-22H2,1-9H3,(H,52,54)(H,53,55)(H,62,63)(H,64,65)/t26-,27-,28+,29+,30+,31+,41-,42-,44-,45-/m0/s1. The van der Waals surface area contributed by atoms with Gasteiger partial charge in [0.1, 0.15) is 23.7 Å². The number of aromatic amines is 2. The summed E-state index contributed by atoms with van der Waals surface area (Å²) < 4.78 is 11.8. The first-order valence-corrected chi connectivity index (χ1v) is 24.1. The Morgan fingerprint density at radius 2 is 1.04 bits per heavy atom. The number of hydrogen-bond acceptors (Lipinski definition) is 8. The van der Waals surface area contributed by atoms with E-state index in [9.17, 15) is 29.4 Å². The van der Waals surface area contributed by atoms with E-state index < -0.39 is 24.3 Å². The van der Waals surface area contributed by atoms with Crippen molar-refractivity contribution in [2.45, 2.75) is 174 Å². The Bertz CT molecular complexity index is 2450. The van der Waals surface area contributed by atoms with Gasteiger partial charge in [-0.15, -0.1) is 0 Å². The van der Waals surface area contributed by atoms with Gasteiger partial charge in [-0.25, -0.2) is 19.6 Å². The Morgan fingerprint density at radius 1 is 0.627 bits per heavy atom. The maximum Gasteiger partial charge on any atom is 0.405 e. The summed E-state index contributed by atoms with van der Waals surface area (Å²) in [6, 6.07) is 7.97. The van der Waals surface area contributed by atoms with E-state index in [1.165, 1.54) is 0 Å². The normalized spacial score (nSPS) is 28.6. The predicted octanol–water partition coefficient (Wildman–Crippen LogP) is 8.84. The smallest absolute Gasteiger partial charge is 0.405 e. The summed E-state index contributed by atoms with van der Waals surface area (Å²) >= 11 is 0. The second kappa shape index (κ2) is 19.5. The van der Waals surface area contributed by atoms with Gasteiger partial charge in [-0.05, 0) is 153 Å². The topological polar surface area (TPSA) is 215 Å². The number of carbonyl (C=O) groups is 4. The highest BCUT2D eigenvalue weighted by atomic mass is 16.5. The summed E-state index contributed by atoms with van der Waals surface area (Å²) in [6.07, 6.45) is 6.46. The Morgan fingerprint density at radius 3 is 1.49 bits per heavy atom. The number of likely N-dealkylation sites (tertiary alicyclic amines) is 2. The SMILES string of the molecule is Cc1cc(-c2ccc(-c3c[nH]c([C@@H]4CC[C@H](C)N4C(=O)[C@@H](NC(=O)O)C4C[C@@H](C)O[C@H](C)C4)n3)cc2)c(C)c(C)c1-c1c[nH]c([C@@H]2CC[C@H](C)N2C(=O)[C@@H](NC(=O)O)C2C[C@@H](C)O[C@H](C)C2)n1. The second-order valence-corrected chi connectivity index (χ2v) is 20.0. The van der Waals surface area contributed by atoms with Gasteiger partial charge in [-0.3, -0.25) is 9.59 Å². The van der Waals surface area contributed by atoms with Gasteiger partial charge >= 0.3 is 12.2 Å². The number of amides is 4. The van der Waals surface area contributed by atoms with Gasteiger partial charge in [-0.2, -0.15) is 0 Å². The molecule has 4 aromatic rings. The number of carboxylic acid groups (broad SMARTS) is 2. The molecule has 4 saturated heterocycles. The largest absolute Gasteiger partial charge is 0.465 e. The van der Waals surface area contributed by atoms with Crippen molar-refractivity contribution in [1.29, 1.82) is 0 Å². The van der Waals surface area contributed by atoms with Crippen LogP contribution in [0.1, 0.15) is 133 Å². The molecule has 0 unspecified atom stereocenters. The number of aryl methyl sites for hydroxylation is 1. The Balaban J connectivity index is 0.987. The number of carbonyl (C=O) groups excluding carboxylic acids is 2. The number of ether oxygens (including phenoxy) is 2. The van der Waals surface area contributed by atoms with E-state index >= 15 is 0 Å². The van der Waals surface area contributed by atoms with Crippen molar-refractivity contribution >= 4 is 24.0 Å². The molecule has 0 spiro atoms. The average Bonchev–Trinajstić information content (AvgIpc) is 4.09. The van der Waals surface area contributed by atoms with Crippen molar-refractivity contribution in [3.05, 3.63) is 71.1 Å². The van der Waals surface area contributed by atoms with Crippen LogP contribution in [0, 0.1) is 32.6 Å². The van der Waals surface area contributed by atoms with Crippen molar-refractivity contribution < 1.29 is 38.9 Å². The van der Waals surface area contributed by atoms with Gasteiger partial charge in [0.15, 0.2) is 0 Å². The van der Waals surface area contributed by atoms with E-state index in [0.717, 1.165) is 63.2 Å². The van der Waals surface area contributed by atoms with Gasteiger partial charge in [-0.1, -0.05) is 30.3 Å². The summed E-state index contributed by atoms with van der Waals surface area (Å²) in [6.45, 7) is 18.2. The third-order valence-electron chi connectivity index (χ3n) is 15.0. The van der Waals surface area contributed by atoms with Gasteiger partial charge in [0, 0.05) is 35.6 Å². The molecule has 10 atom stereocenters. The Hall–Kier alpha value is -5.74. The molecule has 360 valence electrons. The molecule has 4 aliphatic heterocycles. The maximum atomic E-state index is 14.4. The van der Waals surface area contributed by atoms with Crippen molar-refractivity contribution in [3.8, 4) is 33.6 Å². The van der Waals surface area contributed by atoms with Crippen LogP contribution >= 0.6 is 0 Å². The fraction of sp³-hybridized carbons (Fsp3) is 0.569. The molecule has 2 aromatic carbocycles. The van der Waals surface area contributed by atoms with E-state index in [0.29, 0.717) is 50.2 Å². The first-order valence-electron chi connectivity index (χ1n) is 24.1. The Labute approximate surface area is 393 Å². The van der Waals surface area contributed by atoms with Crippen LogP contribution in [0.25, 0.3) is 33.6 Å². The van der Waals surface area contributed by atoms with Gasteiger partial charge in [0.2, 0.25) is 11.8 Å². The molecule has 8 rings (SSSR count). The lowest BCUT2D eigenvalue weighted by Crippen LogP contribution is -2.55. The molecule has 4 fully saturated rings. The predicted molar refractivity (Wildman–Crippen MR) is 253 cm³/mol. The molecule has 6 heterocycles. The minimum Gasteiger partial charge on any atom is -0.465 e. The minimum absolute atomic E-state index is 0.0701. The van der Waals surface area contributed by atoms with Crippen molar-refractivity contribution in [2.24, 2.45) is 11.8 Å². The highest BCUT2D eigenvalue weighted by Gasteiger charge is 2.46. The number of hydrogen-bond donors (Lipinski definition) is 6. The number of nitrogens with zero attached hydrogens (tertiary/aromatic N) is 4. The molecule has 67 heavy (non-hydrogen) atoms. The molecule has 0 radical (unpaired) electrons. The Kier molecular flexibility index (Phi) is 13.9. The fourth-order valence-electron chi connectivity index (χ4n) is 11.9. The highest BCUT2D eigenvalue weighted by molar-refractivity contribution is 5.87. The van der Waals surface area contributed by atoms with Crippen LogP contribution < -0.4 is 10.6 Å². The molecule has 6 N–H and O–H groups in total. The number of H-pyrrole nitrogens is 2. The summed E-state index contributed by atoms with van der Waals surface area (Å²) in [5, 5.41) is 24.8. The molecule has 4 amide bonds. The van der Waals surface area contributed by atoms with E-state index in [-0.39, 0.29) is 72.2 Å². The molecular weight excluding hydrogens is 853 g/mol. The molecule has 0 bridgehead atoms. The summed E-state index contributed by atoms with van der Waals surface area (Å²) in [7, 11) is 0. The van der Waals surface area contributed by atoms with E-state index in [1.807, 2.05) is 63.7 Å². The molecule has 4 aliphatic rings. The van der Waals surface area contributed by atoms with Crippen LogP contribution in [0.5, 0.6) is 0 Å². The zero-order valence-electron chi connectivity index (χ0n) is 40.3. The van der Waals surface area contributed by atoms with Crippen LogP contribution in [-0.2, 0) is 19.1 Å². The van der Waals surface area contributed by atoms with Crippen LogP contribution in [-0.4, -0.2) is 113 Å². The van der Waals surface area contributed by atoms with E-state index in [4.69, 9.17) is 19.4 Å². The third kappa shape index (κ3) is 9.83. The lowest BCUT2D eigenvalue weighted by molar-refractivity contribution is -0.141. The molecule has 16 heteroatoms. The lowest BCUT2D eigenvalue weighted by atomic mass is 9.85. The van der Waals surface area contributed by atoms with Crippen LogP contribution in [0.2, 0.25) is 0 Å². The molecule has 16 nitrogen and oxygen atoms in total. The van der Waals surface area contributed by atoms with E-state index in [1.54, 1.807) is 0 Å². The van der Waals surface area contributed by atoms with Gasteiger partial charge in [0.05, 0.1) is 47.9 Å². The number of rotatable bonds is 11. The molecule has 2 aromatic heterocycles. The molecule has 0 aliphatic carbocycles. The zero-order valence-corrected chi connectivity index (χ0v) is 40.3. The number of nitrogens with one attached hydrogen (secondary N) is 4. The fourth-order valence-corrected chi connectivity index (χ4v) is 11.9. The summed E-state index contributed by atoms with van der Waals surface area (Å²) in [4.78, 5) is 73.2. The van der Waals surface area contributed by atoms with E-state index in [2.05, 4.69) is 71.7 Å². The first-order chi connectivity index (χ1) is 31.9. The third-order valence-corrected chi connectivity index (χ3v) is 15.0. The summed E-state index contributed by atoms with van der Waals surface area (Å²) in [5.74, 6) is 0.577. The maximum absolute atomic E-state index is 14.4. The monoisotopic (exact) mass is 921 g/mol. The number of imidazole rings is 2. The first kappa shape index (κ1) is 47.7. The lowest BCUT2D eigenvalue weighted by Gasteiger charge is -2.39. The highest BCUT2D eigenvalue weighted by Crippen LogP contribution is 2.42. The minimum atomic E-state index is -1.21. The second-order valence-electron chi connectivity index (χ2n) is 20.0. The van der Waals surface area contributed by atoms with Crippen molar-refractivity contribution in [3.63, 3.8) is 0 Å². The quantitative estimate of drug-likeness (QED) is 0.0840. The molecule has 0 saturated carbocycles.